The molecule has 0 heterocycles. The molecule has 0 bridgehead atoms. The van der Waals surface area contributed by atoms with Crippen molar-refractivity contribution in [1.82, 2.24) is 0 Å². The topological polar surface area (TPSA) is 55.5 Å². The van der Waals surface area contributed by atoms with E-state index in [1.54, 1.807) is 27.9 Å². The minimum Gasteiger partial charge on any atom is -0.496 e. The van der Waals surface area contributed by atoms with E-state index in [0.717, 1.165) is 11.1 Å². The normalized spacial score (nSPS) is 15.7. The van der Waals surface area contributed by atoms with Gasteiger partial charge in [0.05, 0.1) is 7.11 Å². The third-order valence-corrected chi connectivity index (χ3v) is 3.13. The SMILES string of the molecule is COc1ccc(C)cc1C(C)(O)C(C)(C)N. The van der Waals surface area contributed by atoms with E-state index in [0.29, 0.717) is 5.75 Å². The van der Waals surface area contributed by atoms with Crippen LogP contribution in [0.2, 0.25) is 0 Å². The van der Waals surface area contributed by atoms with Crippen molar-refractivity contribution in [3.63, 3.8) is 0 Å². The molecule has 16 heavy (non-hydrogen) atoms. The van der Waals surface area contributed by atoms with Crippen molar-refractivity contribution in [3.05, 3.63) is 29.3 Å². The van der Waals surface area contributed by atoms with Crippen LogP contribution in [0, 0.1) is 6.92 Å². The summed E-state index contributed by atoms with van der Waals surface area (Å²) in [5.74, 6) is 0.661. The second-order valence-corrected chi connectivity index (χ2v) is 5.00. The maximum atomic E-state index is 10.6. The van der Waals surface area contributed by atoms with E-state index < -0.39 is 11.1 Å². The molecule has 1 unspecified atom stereocenters. The summed E-state index contributed by atoms with van der Waals surface area (Å²) in [6, 6.07) is 5.71. The van der Waals surface area contributed by atoms with Crippen molar-refractivity contribution in [3.8, 4) is 5.75 Å². The lowest BCUT2D eigenvalue weighted by Gasteiger charge is -2.38. The molecule has 0 radical (unpaired) electrons. The molecule has 1 aromatic rings. The average Bonchev–Trinajstić information content (AvgIpc) is 2.16. The molecule has 0 aliphatic carbocycles. The third kappa shape index (κ3) is 2.20. The van der Waals surface area contributed by atoms with Gasteiger partial charge in [-0.1, -0.05) is 11.6 Å². The lowest BCUT2D eigenvalue weighted by Crippen LogP contribution is -2.52. The lowest BCUT2D eigenvalue weighted by atomic mass is 9.78. The quantitative estimate of drug-likeness (QED) is 0.823. The predicted molar refractivity (Wildman–Crippen MR) is 65.6 cm³/mol. The summed E-state index contributed by atoms with van der Waals surface area (Å²) in [7, 11) is 1.59. The van der Waals surface area contributed by atoms with Crippen molar-refractivity contribution in [1.29, 1.82) is 0 Å². The number of nitrogens with two attached hydrogens (primary N) is 1. The molecule has 1 aromatic carbocycles. The second kappa shape index (κ2) is 4.07. The first-order chi connectivity index (χ1) is 7.20. The number of aliphatic hydroxyl groups is 1. The third-order valence-electron chi connectivity index (χ3n) is 3.13. The van der Waals surface area contributed by atoms with Crippen LogP contribution >= 0.6 is 0 Å². The molecule has 1 atom stereocenters. The zero-order valence-corrected chi connectivity index (χ0v) is 10.7. The van der Waals surface area contributed by atoms with Crippen LogP contribution in [0.3, 0.4) is 0 Å². The van der Waals surface area contributed by atoms with Gasteiger partial charge < -0.3 is 15.6 Å². The van der Waals surface area contributed by atoms with Crippen molar-refractivity contribution in [2.75, 3.05) is 7.11 Å². The standard InChI is InChI=1S/C13H21NO2/c1-9-6-7-11(16-5)10(8-9)13(4,15)12(2,3)14/h6-8,15H,14H2,1-5H3. The Morgan fingerprint density at radius 2 is 1.81 bits per heavy atom. The van der Waals surface area contributed by atoms with Crippen molar-refractivity contribution >= 4 is 0 Å². The molecule has 3 heteroatoms. The van der Waals surface area contributed by atoms with Gasteiger partial charge in [0.15, 0.2) is 0 Å². The van der Waals surface area contributed by atoms with Crippen LogP contribution in [-0.4, -0.2) is 17.8 Å². The Hall–Kier alpha value is -1.06. The fraction of sp³-hybridized carbons (Fsp3) is 0.538. The first-order valence-electron chi connectivity index (χ1n) is 5.36. The van der Waals surface area contributed by atoms with Crippen LogP contribution in [0.15, 0.2) is 18.2 Å². The Labute approximate surface area is 97.2 Å². The largest absolute Gasteiger partial charge is 0.496 e. The highest BCUT2D eigenvalue weighted by Gasteiger charge is 2.39. The lowest BCUT2D eigenvalue weighted by molar-refractivity contribution is -0.0106. The summed E-state index contributed by atoms with van der Waals surface area (Å²) in [6.07, 6.45) is 0. The summed E-state index contributed by atoms with van der Waals surface area (Å²) in [6.45, 7) is 7.29. The Bertz CT molecular complexity index is 378. The fourth-order valence-corrected chi connectivity index (χ4v) is 1.55. The number of aryl methyl sites for hydroxylation is 1. The number of hydrogen-bond acceptors (Lipinski definition) is 3. The van der Waals surface area contributed by atoms with Crippen molar-refractivity contribution < 1.29 is 9.84 Å². The van der Waals surface area contributed by atoms with Gasteiger partial charge in [-0.2, -0.15) is 0 Å². The molecule has 3 N–H and O–H groups in total. The van der Waals surface area contributed by atoms with Gasteiger partial charge in [0.2, 0.25) is 0 Å². The van der Waals surface area contributed by atoms with E-state index in [9.17, 15) is 5.11 Å². The van der Waals surface area contributed by atoms with Crippen LogP contribution < -0.4 is 10.5 Å². The molecule has 0 saturated heterocycles. The Morgan fingerprint density at radius 1 is 1.25 bits per heavy atom. The van der Waals surface area contributed by atoms with E-state index in [-0.39, 0.29) is 0 Å². The van der Waals surface area contributed by atoms with E-state index >= 15 is 0 Å². The molecule has 0 spiro atoms. The minimum absolute atomic E-state index is 0.661. The van der Waals surface area contributed by atoms with E-state index in [1.165, 1.54) is 0 Å². The van der Waals surface area contributed by atoms with Gasteiger partial charge in [0.1, 0.15) is 11.4 Å². The molecule has 0 amide bonds. The monoisotopic (exact) mass is 223 g/mol. The average molecular weight is 223 g/mol. The van der Waals surface area contributed by atoms with Gasteiger partial charge in [0.25, 0.3) is 0 Å². The van der Waals surface area contributed by atoms with Gasteiger partial charge in [-0.05, 0) is 39.8 Å². The van der Waals surface area contributed by atoms with Crippen molar-refractivity contribution in [2.45, 2.75) is 38.8 Å². The summed E-state index contributed by atoms with van der Waals surface area (Å²) < 4.78 is 5.27. The number of ether oxygens (including phenoxy) is 1. The second-order valence-electron chi connectivity index (χ2n) is 5.00. The number of rotatable bonds is 3. The van der Waals surface area contributed by atoms with E-state index in [4.69, 9.17) is 10.5 Å². The van der Waals surface area contributed by atoms with Gasteiger partial charge in [-0.25, -0.2) is 0 Å². The van der Waals surface area contributed by atoms with Gasteiger partial charge >= 0.3 is 0 Å². The Balaban J connectivity index is 3.36. The molecule has 0 aliphatic heterocycles. The highest BCUT2D eigenvalue weighted by atomic mass is 16.5. The highest BCUT2D eigenvalue weighted by Crippen LogP contribution is 2.36. The molecule has 3 nitrogen and oxygen atoms in total. The van der Waals surface area contributed by atoms with E-state index in [2.05, 4.69) is 0 Å². The maximum absolute atomic E-state index is 10.6. The molecule has 0 fully saturated rings. The predicted octanol–water partition coefficient (Wildman–Crippen LogP) is 1.95. The van der Waals surface area contributed by atoms with Gasteiger partial charge in [0, 0.05) is 11.1 Å². The summed E-state index contributed by atoms with van der Waals surface area (Å²) in [4.78, 5) is 0. The molecule has 0 aromatic heterocycles. The number of benzene rings is 1. The molecule has 0 saturated carbocycles. The zero-order valence-electron chi connectivity index (χ0n) is 10.7. The summed E-state index contributed by atoms with van der Waals surface area (Å²) in [5, 5.41) is 10.6. The van der Waals surface area contributed by atoms with Crippen LogP contribution in [0.4, 0.5) is 0 Å². The minimum atomic E-state index is -1.13. The highest BCUT2D eigenvalue weighted by molar-refractivity contribution is 5.42. The fourth-order valence-electron chi connectivity index (χ4n) is 1.55. The number of methoxy groups -OCH3 is 1. The Morgan fingerprint density at radius 3 is 2.25 bits per heavy atom. The first-order valence-corrected chi connectivity index (χ1v) is 5.36. The van der Waals surface area contributed by atoms with E-state index in [1.807, 2.05) is 25.1 Å². The van der Waals surface area contributed by atoms with Crippen molar-refractivity contribution in [2.24, 2.45) is 5.73 Å². The van der Waals surface area contributed by atoms with Crippen LogP contribution in [0.5, 0.6) is 5.75 Å². The maximum Gasteiger partial charge on any atom is 0.125 e. The molecule has 90 valence electrons. The van der Waals surface area contributed by atoms with Crippen LogP contribution in [0.25, 0.3) is 0 Å². The van der Waals surface area contributed by atoms with Crippen LogP contribution in [0.1, 0.15) is 31.9 Å². The van der Waals surface area contributed by atoms with Gasteiger partial charge in [-0.3, -0.25) is 0 Å². The molecule has 1 rings (SSSR count). The Kier molecular flexibility index (Phi) is 3.31. The summed E-state index contributed by atoms with van der Waals surface area (Å²) in [5.41, 5.74) is 5.93. The smallest absolute Gasteiger partial charge is 0.125 e. The molecule has 0 aliphatic rings. The molecular weight excluding hydrogens is 202 g/mol. The first kappa shape index (κ1) is 13.0. The zero-order chi connectivity index (χ0) is 12.6. The summed E-state index contributed by atoms with van der Waals surface area (Å²) >= 11 is 0. The molecular formula is C13H21NO2. The van der Waals surface area contributed by atoms with Gasteiger partial charge in [-0.15, -0.1) is 0 Å². The van der Waals surface area contributed by atoms with Crippen LogP contribution in [-0.2, 0) is 5.60 Å². The number of hydrogen-bond donors (Lipinski definition) is 2.